The van der Waals surface area contributed by atoms with Crippen LogP contribution in [0.3, 0.4) is 0 Å². The number of aromatic amines is 1. The fourth-order valence-corrected chi connectivity index (χ4v) is 4.30. The molecule has 1 saturated heterocycles. The molecule has 1 N–H and O–H groups in total. The summed E-state index contributed by atoms with van der Waals surface area (Å²) in [5.41, 5.74) is 3.92. The smallest absolute Gasteiger partial charge is 0.256 e. The van der Waals surface area contributed by atoms with Gasteiger partial charge in [0.15, 0.2) is 0 Å². The largest absolute Gasteiger partial charge is 0.321 e. The Hall–Kier alpha value is -2.50. The monoisotopic (exact) mass is 388 g/mol. The maximum atomic E-state index is 12.5. The number of aryl methyl sites for hydroxylation is 1. The standard InChI is InChI=1S/C24H28N4O/c1-17-3-2-4-21-22(17)13-23(26-24(21)29)19-7-8-20(25-14-19)16-28-11-9-27(10-12-28)15-18-5-6-18/h2-4,7-8,13-14,18H,5-6,9-12,15-16H2,1H3,(H,26,29). The van der Waals surface area contributed by atoms with Gasteiger partial charge in [-0.1, -0.05) is 12.1 Å². The summed E-state index contributed by atoms with van der Waals surface area (Å²) >= 11 is 0. The first-order chi connectivity index (χ1) is 14.2. The Morgan fingerprint density at radius 1 is 1.03 bits per heavy atom. The quantitative estimate of drug-likeness (QED) is 0.728. The van der Waals surface area contributed by atoms with Crippen LogP contribution in [0.4, 0.5) is 0 Å². The maximum absolute atomic E-state index is 12.5. The van der Waals surface area contributed by atoms with Crippen molar-refractivity contribution in [3.05, 3.63) is 64.2 Å². The number of piperazine rings is 1. The predicted octanol–water partition coefficient (Wildman–Crippen LogP) is 3.43. The van der Waals surface area contributed by atoms with Crippen LogP contribution in [0, 0.1) is 12.8 Å². The van der Waals surface area contributed by atoms with Gasteiger partial charge in [0.25, 0.3) is 5.56 Å². The minimum Gasteiger partial charge on any atom is -0.321 e. The van der Waals surface area contributed by atoms with Gasteiger partial charge < -0.3 is 9.88 Å². The number of pyridine rings is 2. The van der Waals surface area contributed by atoms with Crippen molar-refractivity contribution < 1.29 is 0 Å². The van der Waals surface area contributed by atoms with E-state index in [1.54, 1.807) is 0 Å². The molecule has 2 aromatic heterocycles. The summed E-state index contributed by atoms with van der Waals surface area (Å²) in [6.07, 6.45) is 4.74. The van der Waals surface area contributed by atoms with Gasteiger partial charge in [0.05, 0.1) is 11.4 Å². The summed E-state index contributed by atoms with van der Waals surface area (Å²) in [6.45, 7) is 8.81. The molecule has 0 spiro atoms. The number of rotatable bonds is 5. The van der Waals surface area contributed by atoms with Crippen LogP contribution in [0.5, 0.6) is 0 Å². The van der Waals surface area contributed by atoms with Crippen LogP contribution in [-0.4, -0.2) is 52.5 Å². The molecular formula is C24H28N4O. The lowest BCUT2D eigenvalue weighted by molar-refractivity contribution is 0.122. The molecule has 1 saturated carbocycles. The molecule has 5 nitrogen and oxygen atoms in total. The number of benzene rings is 1. The van der Waals surface area contributed by atoms with Crippen molar-refractivity contribution in [2.24, 2.45) is 5.92 Å². The van der Waals surface area contributed by atoms with Crippen molar-refractivity contribution in [1.82, 2.24) is 19.8 Å². The van der Waals surface area contributed by atoms with E-state index >= 15 is 0 Å². The molecule has 0 atom stereocenters. The first-order valence-electron chi connectivity index (χ1n) is 10.7. The Balaban J connectivity index is 1.27. The van der Waals surface area contributed by atoms with Gasteiger partial charge in [0, 0.05) is 56.4 Å². The highest BCUT2D eigenvalue weighted by atomic mass is 16.1. The van der Waals surface area contributed by atoms with E-state index in [0.29, 0.717) is 0 Å². The molecule has 0 unspecified atom stereocenters. The summed E-state index contributed by atoms with van der Waals surface area (Å²) < 4.78 is 0. The lowest BCUT2D eigenvalue weighted by Crippen LogP contribution is -2.46. The molecule has 2 aliphatic rings. The van der Waals surface area contributed by atoms with E-state index in [0.717, 1.165) is 58.8 Å². The fourth-order valence-electron chi connectivity index (χ4n) is 4.30. The lowest BCUT2D eigenvalue weighted by Gasteiger charge is -2.34. The second-order valence-electron chi connectivity index (χ2n) is 8.61. The van der Waals surface area contributed by atoms with Gasteiger partial charge in [0.2, 0.25) is 0 Å². The summed E-state index contributed by atoms with van der Waals surface area (Å²) in [5.74, 6) is 0.973. The number of fused-ring (bicyclic) bond motifs is 1. The van der Waals surface area contributed by atoms with E-state index in [4.69, 9.17) is 0 Å². The van der Waals surface area contributed by atoms with E-state index in [1.165, 1.54) is 32.5 Å². The number of nitrogens with one attached hydrogen (secondary N) is 1. The molecule has 5 rings (SSSR count). The van der Waals surface area contributed by atoms with Crippen molar-refractivity contribution >= 4 is 10.8 Å². The summed E-state index contributed by atoms with van der Waals surface area (Å²) in [5, 5.41) is 1.73. The fraction of sp³-hybridized carbons (Fsp3) is 0.417. The molecule has 3 aromatic rings. The third kappa shape index (κ3) is 4.11. The van der Waals surface area contributed by atoms with Crippen LogP contribution in [0.1, 0.15) is 24.1 Å². The number of nitrogens with zero attached hydrogens (tertiary/aromatic N) is 3. The second-order valence-corrected chi connectivity index (χ2v) is 8.61. The molecular weight excluding hydrogens is 360 g/mol. The van der Waals surface area contributed by atoms with Crippen LogP contribution >= 0.6 is 0 Å². The third-order valence-corrected chi connectivity index (χ3v) is 6.31. The van der Waals surface area contributed by atoms with Crippen molar-refractivity contribution in [2.75, 3.05) is 32.7 Å². The average molecular weight is 389 g/mol. The van der Waals surface area contributed by atoms with Crippen molar-refractivity contribution in [3.8, 4) is 11.3 Å². The molecule has 2 fully saturated rings. The highest BCUT2D eigenvalue weighted by molar-refractivity contribution is 5.87. The molecule has 5 heteroatoms. The van der Waals surface area contributed by atoms with Gasteiger partial charge in [-0.05, 0) is 60.9 Å². The number of aromatic nitrogens is 2. The van der Waals surface area contributed by atoms with Gasteiger partial charge >= 0.3 is 0 Å². The molecule has 1 aromatic carbocycles. The number of hydrogen-bond acceptors (Lipinski definition) is 4. The highest BCUT2D eigenvalue weighted by Gasteiger charge is 2.26. The highest BCUT2D eigenvalue weighted by Crippen LogP contribution is 2.30. The number of H-pyrrole nitrogens is 1. The predicted molar refractivity (Wildman–Crippen MR) is 117 cm³/mol. The van der Waals surface area contributed by atoms with Crippen LogP contribution in [-0.2, 0) is 6.54 Å². The minimum atomic E-state index is -0.0469. The normalized spacial score (nSPS) is 18.4. The van der Waals surface area contributed by atoms with Gasteiger partial charge in [-0.2, -0.15) is 0 Å². The first-order valence-corrected chi connectivity index (χ1v) is 10.7. The summed E-state index contributed by atoms with van der Waals surface area (Å²) in [6, 6.07) is 12.1. The average Bonchev–Trinajstić information content (AvgIpc) is 3.55. The Bertz CT molecular complexity index is 1060. The van der Waals surface area contributed by atoms with Crippen molar-refractivity contribution in [2.45, 2.75) is 26.3 Å². The number of hydrogen-bond donors (Lipinski definition) is 1. The first kappa shape index (κ1) is 18.5. The Kier molecular flexibility index (Phi) is 4.94. The molecule has 0 radical (unpaired) electrons. The Morgan fingerprint density at radius 3 is 2.55 bits per heavy atom. The molecule has 0 amide bonds. The summed E-state index contributed by atoms with van der Waals surface area (Å²) in [4.78, 5) is 25.3. The van der Waals surface area contributed by atoms with Gasteiger partial charge in [-0.25, -0.2) is 0 Å². The van der Waals surface area contributed by atoms with Gasteiger partial charge in [-0.15, -0.1) is 0 Å². The summed E-state index contributed by atoms with van der Waals surface area (Å²) in [7, 11) is 0. The van der Waals surface area contributed by atoms with E-state index in [2.05, 4.69) is 38.0 Å². The molecule has 1 aliphatic heterocycles. The zero-order chi connectivity index (χ0) is 19.8. The van der Waals surface area contributed by atoms with Gasteiger partial charge in [0.1, 0.15) is 0 Å². The third-order valence-electron chi connectivity index (χ3n) is 6.31. The topological polar surface area (TPSA) is 52.2 Å². The Morgan fingerprint density at radius 2 is 1.83 bits per heavy atom. The minimum absolute atomic E-state index is 0.0469. The van der Waals surface area contributed by atoms with Gasteiger partial charge in [-0.3, -0.25) is 14.7 Å². The van der Waals surface area contributed by atoms with Crippen LogP contribution in [0.25, 0.3) is 22.0 Å². The van der Waals surface area contributed by atoms with E-state index < -0.39 is 0 Å². The zero-order valence-electron chi connectivity index (χ0n) is 17.0. The maximum Gasteiger partial charge on any atom is 0.256 e. The Labute approximate surface area is 171 Å². The SMILES string of the molecule is Cc1cccc2c(=O)[nH]c(-c3ccc(CN4CCN(CC5CC5)CC4)nc3)cc12. The van der Waals surface area contributed by atoms with Crippen LogP contribution < -0.4 is 5.56 Å². The molecule has 29 heavy (non-hydrogen) atoms. The lowest BCUT2D eigenvalue weighted by atomic mass is 10.0. The van der Waals surface area contributed by atoms with Crippen molar-refractivity contribution in [3.63, 3.8) is 0 Å². The molecule has 3 heterocycles. The molecule has 1 aliphatic carbocycles. The van der Waals surface area contributed by atoms with Crippen molar-refractivity contribution in [1.29, 1.82) is 0 Å². The molecule has 0 bridgehead atoms. The molecule has 150 valence electrons. The second kappa shape index (κ2) is 7.73. The van der Waals surface area contributed by atoms with Crippen LogP contribution in [0.2, 0.25) is 0 Å². The van der Waals surface area contributed by atoms with E-state index in [-0.39, 0.29) is 5.56 Å². The van der Waals surface area contributed by atoms with E-state index in [9.17, 15) is 4.79 Å². The zero-order valence-corrected chi connectivity index (χ0v) is 17.0. The van der Waals surface area contributed by atoms with E-state index in [1.807, 2.05) is 31.3 Å². The van der Waals surface area contributed by atoms with Crippen LogP contribution in [0.15, 0.2) is 47.4 Å².